The molecule has 0 fully saturated rings. The highest BCUT2D eigenvalue weighted by Crippen LogP contribution is 2.29. The third kappa shape index (κ3) is 2.49. The molecular formula is C13H16ClN3O. The van der Waals surface area contributed by atoms with Gasteiger partial charge >= 0.3 is 0 Å². The van der Waals surface area contributed by atoms with Gasteiger partial charge in [-0.3, -0.25) is 0 Å². The van der Waals surface area contributed by atoms with Gasteiger partial charge < -0.3 is 15.0 Å². The molecule has 0 aliphatic heterocycles. The molecule has 0 bridgehead atoms. The molecule has 0 radical (unpaired) electrons. The van der Waals surface area contributed by atoms with Crippen molar-refractivity contribution in [2.24, 2.45) is 0 Å². The van der Waals surface area contributed by atoms with Gasteiger partial charge in [0.25, 0.3) is 0 Å². The van der Waals surface area contributed by atoms with Crippen LogP contribution in [0, 0.1) is 6.92 Å². The summed E-state index contributed by atoms with van der Waals surface area (Å²) in [5.74, 6) is 1.69. The van der Waals surface area contributed by atoms with Gasteiger partial charge in [0, 0.05) is 5.56 Å². The van der Waals surface area contributed by atoms with Crippen LogP contribution in [0.3, 0.4) is 0 Å². The molecule has 0 saturated heterocycles. The molecular weight excluding hydrogens is 250 g/mol. The second kappa shape index (κ2) is 5.42. The van der Waals surface area contributed by atoms with E-state index in [2.05, 4.69) is 15.3 Å². The van der Waals surface area contributed by atoms with Crippen molar-refractivity contribution in [3.05, 3.63) is 34.7 Å². The molecule has 0 amide bonds. The Balaban J connectivity index is 2.39. The lowest BCUT2D eigenvalue weighted by molar-refractivity contribution is 0.412. The van der Waals surface area contributed by atoms with Gasteiger partial charge in [0.05, 0.1) is 13.7 Å². The van der Waals surface area contributed by atoms with Gasteiger partial charge in [-0.1, -0.05) is 11.6 Å². The normalized spacial score (nSPS) is 10.7. The Morgan fingerprint density at radius 2 is 2.22 bits per heavy atom. The quantitative estimate of drug-likeness (QED) is 0.894. The van der Waals surface area contributed by atoms with Crippen molar-refractivity contribution in [3.63, 3.8) is 0 Å². The Hall–Kier alpha value is -1.52. The molecule has 18 heavy (non-hydrogen) atoms. The number of halogens is 1. The molecule has 4 nitrogen and oxygen atoms in total. The van der Waals surface area contributed by atoms with Gasteiger partial charge in [0.2, 0.25) is 0 Å². The standard InChI is InChI=1S/C13H16ClN3O/c1-8-6-9(4-5-10(8)18-3)12-13(14)17-11(16-12)7-15-2/h4-6,15H,7H2,1-3H3,(H,16,17). The van der Waals surface area contributed by atoms with Crippen LogP contribution in [0.1, 0.15) is 11.4 Å². The molecule has 0 saturated carbocycles. The van der Waals surface area contributed by atoms with Crippen molar-refractivity contribution >= 4 is 11.6 Å². The summed E-state index contributed by atoms with van der Waals surface area (Å²) in [6.07, 6.45) is 0. The average Bonchev–Trinajstić information content (AvgIpc) is 2.71. The minimum absolute atomic E-state index is 0.560. The minimum Gasteiger partial charge on any atom is -0.496 e. The zero-order valence-electron chi connectivity index (χ0n) is 10.7. The lowest BCUT2D eigenvalue weighted by atomic mass is 10.1. The molecule has 0 unspecified atom stereocenters. The Kier molecular flexibility index (Phi) is 3.89. The number of rotatable bonds is 4. The Morgan fingerprint density at radius 3 is 2.83 bits per heavy atom. The first kappa shape index (κ1) is 12.9. The summed E-state index contributed by atoms with van der Waals surface area (Å²) in [5.41, 5.74) is 2.81. The van der Waals surface area contributed by atoms with Crippen LogP contribution in [0.15, 0.2) is 18.2 Å². The molecule has 0 spiro atoms. The van der Waals surface area contributed by atoms with Crippen molar-refractivity contribution in [1.82, 2.24) is 15.3 Å². The smallest absolute Gasteiger partial charge is 0.134 e. The second-order valence-corrected chi connectivity index (χ2v) is 4.44. The molecule has 5 heteroatoms. The number of H-pyrrole nitrogens is 1. The summed E-state index contributed by atoms with van der Waals surface area (Å²) in [6, 6.07) is 5.90. The molecule has 0 aliphatic carbocycles. The van der Waals surface area contributed by atoms with Gasteiger partial charge in [0.1, 0.15) is 22.4 Å². The fraction of sp³-hybridized carbons (Fsp3) is 0.308. The van der Waals surface area contributed by atoms with E-state index in [0.717, 1.165) is 28.4 Å². The van der Waals surface area contributed by atoms with Crippen LogP contribution in [0.2, 0.25) is 5.15 Å². The van der Waals surface area contributed by atoms with E-state index < -0.39 is 0 Å². The van der Waals surface area contributed by atoms with Gasteiger partial charge in [-0.05, 0) is 37.7 Å². The Labute approximate surface area is 111 Å². The zero-order chi connectivity index (χ0) is 13.1. The summed E-state index contributed by atoms with van der Waals surface area (Å²) in [6.45, 7) is 2.66. The van der Waals surface area contributed by atoms with Crippen molar-refractivity contribution in [1.29, 1.82) is 0 Å². The van der Waals surface area contributed by atoms with Crippen LogP contribution in [-0.4, -0.2) is 24.1 Å². The predicted molar refractivity (Wildman–Crippen MR) is 73.1 cm³/mol. The lowest BCUT2D eigenvalue weighted by Crippen LogP contribution is -2.06. The maximum absolute atomic E-state index is 6.16. The molecule has 2 aromatic rings. The zero-order valence-corrected chi connectivity index (χ0v) is 11.4. The van der Waals surface area contributed by atoms with Gasteiger partial charge in [-0.2, -0.15) is 0 Å². The number of nitrogens with one attached hydrogen (secondary N) is 2. The molecule has 1 heterocycles. The predicted octanol–water partition coefficient (Wildman–Crippen LogP) is 2.77. The summed E-state index contributed by atoms with van der Waals surface area (Å²) in [5, 5.41) is 3.59. The second-order valence-electron chi connectivity index (χ2n) is 4.06. The number of aryl methyl sites for hydroxylation is 1. The number of imidazole rings is 1. The van der Waals surface area contributed by atoms with Gasteiger partial charge in [-0.15, -0.1) is 0 Å². The van der Waals surface area contributed by atoms with Crippen molar-refractivity contribution in [2.45, 2.75) is 13.5 Å². The number of methoxy groups -OCH3 is 1. The van der Waals surface area contributed by atoms with E-state index in [1.54, 1.807) is 7.11 Å². The van der Waals surface area contributed by atoms with Crippen LogP contribution in [-0.2, 0) is 6.54 Å². The molecule has 2 N–H and O–H groups in total. The fourth-order valence-corrected chi connectivity index (χ4v) is 2.13. The van der Waals surface area contributed by atoms with Crippen molar-refractivity contribution in [3.8, 4) is 17.0 Å². The van der Waals surface area contributed by atoms with Crippen LogP contribution >= 0.6 is 11.6 Å². The van der Waals surface area contributed by atoms with E-state index >= 15 is 0 Å². The maximum Gasteiger partial charge on any atom is 0.134 e. The monoisotopic (exact) mass is 265 g/mol. The van der Waals surface area contributed by atoms with Gasteiger partial charge in [-0.25, -0.2) is 4.98 Å². The summed E-state index contributed by atoms with van der Waals surface area (Å²) in [7, 11) is 3.53. The van der Waals surface area contributed by atoms with Crippen LogP contribution < -0.4 is 10.1 Å². The lowest BCUT2D eigenvalue weighted by Gasteiger charge is -2.05. The number of hydrogen-bond acceptors (Lipinski definition) is 3. The number of aromatic amines is 1. The number of ether oxygens (including phenoxy) is 1. The van der Waals surface area contributed by atoms with Gasteiger partial charge in [0.15, 0.2) is 0 Å². The molecule has 96 valence electrons. The fourth-order valence-electron chi connectivity index (χ4n) is 1.87. The largest absolute Gasteiger partial charge is 0.496 e. The summed E-state index contributed by atoms with van der Waals surface area (Å²) >= 11 is 6.16. The molecule has 0 atom stereocenters. The van der Waals surface area contributed by atoms with Crippen LogP contribution in [0.25, 0.3) is 11.3 Å². The summed E-state index contributed by atoms with van der Waals surface area (Å²) in [4.78, 5) is 7.53. The molecule has 2 rings (SSSR count). The topological polar surface area (TPSA) is 49.9 Å². The van der Waals surface area contributed by atoms with E-state index in [1.807, 2.05) is 32.2 Å². The minimum atomic E-state index is 0.560. The SMILES string of the molecule is CNCc1nc(-c2ccc(OC)c(C)c2)c(Cl)[nH]1. The van der Waals surface area contributed by atoms with E-state index in [-0.39, 0.29) is 0 Å². The van der Waals surface area contributed by atoms with Crippen LogP contribution in [0.4, 0.5) is 0 Å². The van der Waals surface area contributed by atoms with Crippen LogP contribution in [0.5, 0.6) is 5.75 Å². The third-order valence-electron chi connectivity index (χ3n) is 2.72. The first-order valence-corrected chi connectivity index (χ1v) is 6.07. The van der Waals surface area contributed by atoms with Crippen molar-refractivity contribution < 1.29 is 4.74 Å². The highest BCUT2D eigenvalue weighted by Gasteiger charge is 2.11. The number of aromatic nitrogens is 2. The average molecular weight is 266 g/mol. The number of hydrogen-bond donors (Lipinski definition) is 2. The van der Waals surface area contributed by atoms with E-state index in [0.29, 0.717) is 11.7 Å². The highest BCUT2D eigenvalue weighted by molar-refractivity contribution is 6.31. The summed E-state index contributed by atoms with van der Waals surface area (Å²) < 4.78 is 5.24. The highest BCUT2D eigenvalue weighted by atomic mass is 35.5. The van der Waals surface area contributed by atoms with Crippen molar-refractivity contribution in [2.75, 3.05) is 14.2 Å². The first-order valence-electron chi connectivity index (χ1n) is 5.69. The maximum atomic E-state index is 6.16. The Bertz CT molecular complexity index is 551. The molecule has 1 aromatic heterocycles. The van der Waals surface area contributed by atoms with E-state index in [1.165, 1.54) is 0 Å². The first-order chi connectivity index (χ1) is 8.65. The Morgan fingerprint density at radius 1 is 1.44 bits per heavy atom. The molecule has 1 aromatic carbocycles. The third-order valence-corrected chi connectivity index (χ3v) is 2.99. The van der Waals surface area contributed by atoms with E-state index in [9.17, 15) is 0 Å². The molecule has 0 aliphatic rings. The number of nitrogens with zero attached hydrogens (tertiary/aromatic N) is 1. The van der Waals surface area contributed by atoms with E-state index in [4.69, 9.17) is 16.3 Å². The number of benzene rings is 1.